The summed E-state index contributed by atoms with van der Waals surface area (Å²) in [6.45, 7) is 9.85. The fourth-order valence-electron chi connectivity index (χ4n) is 2.47. The van der Waals surface area contributed by atoms with E-state index in [0.717, 1.165) is 22.4 Å². The number of anilines is 1. The van der Waals surface area contributed by atoms with Crippen LogP contribution in [0.5, 0.6) is 0 Å². The number of amides is 2. The zero-order valence-electron chi connectivity index (χ0n) is 14.1. The molecule has 1 aromatic rings. The molecule has 0 aliphatic carbocycles. The van der Waals surface area contributed by atoms with Gasteiger partial charge < -0.3 is 16.4 Å². The minimum atomic E-state index is -0.573. The number of nitrogens with two attached hydrogens (primary N) is 1. The lowest BCUT2D eigenvalue weighted by Crippen LogP contribution is -2.44. The van der Waals surface area contributed by atoms with E-state index in [1.54, 1.807) is 0 Å². The van der Waals surface area contributed by atoms with Crippen molar-refractivity contribution in [3.05, 3.63) is 28.8 Å². The highest BCUT2D eigenvalue weighted by atomic mass is 16.2. The summed E-state index contributed by atoms with van der Waals surface area (Å²) in [5.41, 5.74) is 9.75. The Bertz CT molecular complexity index is 530. The predicted molar refractivity (Wildman–Crippen MR) is 89.7 cm³/mol. The van der Waals surface area contributed by atoms with Gasteiger partial charge in [-0.25, -0.2) is 0 Å². The van der Waals surface area contributed by atoms with E-state index in [1.165, 1.54) is 0 Å². The zero-order valence-corrected chi connectivity index (χ0v) is 14.1. The van der Waals surface area contributed by atoms with E-state index >= 15 is 0 Å². The smallest absolute Gasteiger partial charge is 0.243 e. The van der Waals surface area contributed by atoms with Crippen molar-refractivity contribution < 1.29 is 9.59 Å². The maximum Gasteiger partial charge on any atom is 0.243 e. The number of nitrogens with one attached hydrogen (secondary N) is 2. The van der Waals surface area contributed by atoms with Crippen molar-refractivity contribution in [3.63, 3.8) is 0 Å². The Hall–Kier alpha value is -1.88. The summed E-state index contributed by atoms with van der Waals surface area (Å²) < 4.78 is 0. The molecule has 22 heavy (non-hydrogen) atoms. The fraction of sp³-hybridized carbons (Fsp3) is 0.529. The maximum atomic E-state index is 12.0. The van der Waals surface area contributed by atoms with Crippen LogP contribution in [0.4, 0.5) is 5.69 Å². The van der Waals surface area contributed by atoms with Crippen molar-refractivity contribution in [2.75, 3.05) is 11.9 Å². The van der Waals surface area contributed by atoms with Crippen molar-refractivity contribution in [2.24, 2.45) is 11.7 Å². The van der Waals surface area contributed by atoms with Gasteiger partial charge in [-0.15, -0.1) is 0 Å². The molecular weight excluding hydrogens is 278 g/mol. The van der Waals surface area contributed by atoms with Crippen LogP contribution in [-0.2, 0) is 9.59 Å². The third-order valence-electron chi connectivity index (χ3n) is 3.43. The molecule has 0 saturated heterocycles. The summed E-state index contributed by atoms with van der Waals surface area (Å²) >= 11 is 0. The van der Waals surface area contributed by atoms with Crippen molar-refractivity contribution in [1.82, 2.24) is 5.32 Å². The van der Waals surface area contributed by atoms with Gasteiger partial charge in [-0.1, -0.05) is 31.5 Å². The Kier molecular flexibility index (Phi) is 6.56. The van der Waals surface area contributed by atoms with Crippen molar-refractivity contribution in [3.8, 4) is 0 Å². The standard InChI is InChI=1S/C17H27N3O2/c1-10(2)6-14(18)17(22)19-9-15(21)20-16-12(4)7-11(3)8-13(16)5/h7-8,10,14H,6,9,18H2,1-5H3,(H,19,22)(H,20,21)/t14-/m0/s1. The van der Waals surface area contributed by atoms with Crippen LogP contribution in [0.3, 0.4) is 0 Å². The third-order valence-corrected chi connectivity index (χ3v) is 3.43. The molecule has 1 rings (SSSR count). The summed E-state index contributed by atoms with van der Waals surface area (Å²) in [6, 6.07) is 3.45. The van der Waals surface area contributed by atoms with Gasteiger partial charge in [0.15, 0.2) is 0 Å². The van der Waals surface area contributed by atoms with E-state index in [2.05, 4.69) is 10.6 Å². The van der Waals surface area contributed by atoms with Crippen LogP contribution in [0.2, 0.25) is 0 Å². The maximum absolute atomic E-state index is 12.0. The van der Waals surface area contributed by atoms with Crippen LogP contribution in [0.15, 0.2) is 12.1 Å². The SMILES string of the molecule is Cc1cc(C)c(NC(=O)CNC(=O)[C@@H](N)CC(C)C)c(C)c1. The largest absolute Gasteiger partial charge is 0.346 e. The summed E-state index contributed by atoms with van der Waals surface area (Å²) in [7, 11) is 0. The first-order valence-corrected chi connectivity index (χ1v) is 7.61. The highest BCUT2D eigenvalue weighted by Crippen LogP contribution is 2.21. The molecule has 0 aromatic heterocycles. The molecule has 5 heteroatoms. The zero-order chi connectivity index (χ0) is 16.9. The van der Waals surface area contributed by atoms with E-state index in [1.807, 2.05) is 46.8 Å². The first-order chi connectivity index (χ1) is 10.2. The summed E-state index contributed by atoms with van der Waals surface area (Å²) in [6.07, 6.45) is 0.601. The van der Waals surface area contributed by atoms with Crippen LogP contribution < -0.4 is 16.4 Å². The predicted octanol–water partition coefficient (Wildman–Crippen LogP) is 2.04. The van der Waals surface area contributed by atoms with E-state index in [-0.39, 0.29) is 18.4 Å². The molecule has 2 amide bonds. The van der Waals surface area contributed by atoms with E-state index in [9.17, 15) is 9.59 Å². The van der Waals surface area contributed by atoms with Crippen molar-refractivity contribution in [1.29, 1.82) is 0 Å². The quantitative estimate of drug-likeness (QED) is 0.752. The minimum Gasteiger partial charge on any atom is -0.346 e. The van der Waals surface area contributed by atoms with Crippen molar-refractivity contribution >= 4 is 17.5 Å². The lowest BCUT2D eigenvalue weighted by molar-refractivity contribution is -0.125. The normalized spacial score (nSPS) is 12.1. The molecule has 1 atom stereocenters. The van der Waals surface area contributed by atoms with Gasteiger partial charge in [0.25, 0.3) is 0 Å². The fourth-order valence-corrected chi connectivity index (χ4v) is 2.47. The summed E-state index contributed by atoms with van der Waals surface area (Å²) in [5.74, 6) is -0.200. The number of rotatable bonds is 6. The highest BCUT2D eigenvalue weighted by molar-refractivity contribution is 5.96. The molecule has 0 unspecified atom stereocenters. The Morgan fingerprint density at radius 3 is 2.18 bits per heavy atom. The Morgan fingerprint density at radius 1 is 1.14 bits per heavy atom. The Labute approximate surface area is 132 Å². The van der Waals surface area contributed by atoms with Crippen LogP contribution in [-0.4, -0.2) is 24.4 Å². The number of benzene rings is 1. The van der Waals surface area contributed by atoms with Crippen LogP contribution in [0, 0.1) is 26.7 Å². The lowest BCUT2D eigenvalue weighted by Gasteiger charge is -2.15. The average molecular weight is 305 g/mol. The molecule has 0 radical (unpaired) electrons. The monoisotopic (exact) mass is 305 g/mol. The third kappa shape index (κ3) is 5.48. The molecular formula is C17H27N3O2. The van der Waals surface area contributed by atoms with E-state index in [0.29, 0.717) is 12.3 Å². The van der Waals surface area contributed by atoms with Gasteiger partial charge in [0.05, 0.1) is 12.6 Å². The molecule has 0 saturated carbocycles. The molecule has 4 N–H and O–H groups in total. The van der Waals surface area contributed by atoms with Gasteiger partial charge in [0, 0.05) is 5.69 Å². The van der Waals surface area contributed by atoms with Crippen LogP contribution in [0.1, 0.15) is 37.0 Å². The first kappa shape index (κ1) is 18.2. The van der Waals surface area contributed by atoms with E-state index in [4.69, 9.17) is 5.73 Å². The number of carbonyl (C=O) groups excluding carboxylic acids is 2. The molecule has 0 spiro atoms. The highest BCUT2D eigenvalue weighted by Gasteiger charge is 2.16. The molecule has 0 heterocycles. The minimum absolute atomic E-state index is 0.0720. The number of hydrogen-bond acceptors (Lipinski definition) is 3. The Morgan fingerprint density at radius 2 is 1.68 bits per heavy atom. The summed E-state index contributed by atoms with van der Waals surface area (Å²) in [5, 5.41) is 5.43. The number of hydrogen-bond donors (Lipinski definition) is 3. The number of carbonyl (C=O) groups is 2. The molecule has 5 nitrogen and oxygen atoms in total. The van der Waals surface area contributed by atoms with Gasteiger partial charge in [-0.2, -0.15) is 0 Å². The molecule has 0 aliphatic heterocycles. The number of aryl methyl sites for hydroxylation is 3. The van der Waals surface area contributed by atoms with E-state index < -0.39 is 6.04 Å². The lowest BCUT2D eigenvalue weighted by atomic mass is 10.0. The average Bonchev–Trinajstić information content (AvgIpc) is 2.39. The van der Waals surface area contributed by atoms with Crippen LogP contribution >= 0.6 is 0 Å². The van der Waals surface area contributed by atoms with Gasteiger partial charge in [-0.05, 0) is 44.2 Å². The topological polar surface area (TPSA) is 84.2 Å². The van der Waals surface area contributed by atoms with Gasteiger partial charge in [-0.3, -0.25) is 9.59 Å². The van der Waals surface area contributed by atoms with Crippen LogP contribution in [0.25, 0.3) is 0 Å². The second-order valence-electron chi connectivity index (χ2n) is 6.28. The van der Waals surface area contributed by atoms with Gasteiger partial charge in [0.1, 0.15) is 0 Å². The molecule has 0 fully saturated rings. The van der Waals surface area contributed by atoms with Gasteiger partial charge in [0.2, 0.25) is 11.8 Å². The molecule has 1 aromatic carbocycles. The van der Waals surface area contributed by atoms with Crippen molar-refractivity contribution in [2.45, 2.75) is 47.1 Å². The first-order valence-electron chi connectivity index (χ1n) is 7.61. The molecule has 0 aliphatic rings. The van der Waals surface area contributed by atoms with Gasteiger partial charge >= 0.3 is 0 Å². The molecule has 122 valence electrons. The second kappa shape index (κ2) is 7.94. The molecule has 0 bridgehead atoms. The second-order valence-corrected chi connectivity index (χ2v) is 6.28. The summed E-state index contributed by atoms with van der Waals surface area (Å²) in [4.78, 5) is 23.8. The Balaban J connectivity index is 2.56.